The summed E-state index contributed by atoms with van der Waals surface area (Å²) in [5.41, 5.74) is 2.66. The summed E-state index contributed by atoms with van der Waals surface area (Å²) in [5.74, 6) is 0.929. The van der Waals surface area contributed by atoms with Crippen molar-refractivity contribution in [2.45, 2.75) is 32.4 Å². The highest BCUT2D eigenvalue weighted by Crippen LogP contribution is 2.32. The average Bonchev–Trinajstić information content (AvgIpc) is 3.16. The summed E-state index contributed by atoms with van der Waals surface area (Å²) in [7, 11) is 0. The van der Waals surface area contributed by atoms with Gasteiger partial charge in [0.1, 0.15) is 0 Å². The van der Waals surface area contributed by atoms with E-state index in [9.17, 15) is 0 Å². The molecule has 1 aliphatic carbocycles. The van der Waals surface area contributed by atoms with Crippen LogP contribution in [0.3, 0.4) is 0 Å². The third-order valence-corrected chi connectivity index (χ3v) is 4.62. The highest BCUT2D eigenvalue weighted by molar-refractivity contribution is 7.10. The number of thiophene rings is 1. The molecule has 3 rings (SSSR count). The molecule has 1 aliphatic rings. The molecule has 1 unspecified atom stereocenters. The van der Waals surface area contributed by atoms with Crippen molar-refractivity contribution in [1.29, 1.82) is 0 Å². The van der Waals surface area contributed by atoms with Crippen molar-refractivity contribution in [2.75, 3.05) is 0 Å². The smallest absolute Gasteiger partial charge is 0.0302 e. The third-order valence-electron chi connectivity index (χ3n) is 3.69. The van der Waals surface area contributed by atoms with Crippen molar-refractivity contribution in [2.24, 2.45) is 5.92 Å². The van der Waals surface area contributed by atoms with Gasteiger partial charge in [-0.25, -0.2) is 0 Å². The lowest BCUT2D eigenvalue weighted by Crippen LogP contribution is -2.26. The zero-order valence-corrected chi connectivity index (χ0v) is 11.5. The zero-order chi connectivity index (χ0) is 12.4. The molecule has 94 valence electrons. The van der Waals surface area contributed by atoms with Gasteiger partial charge in [0.2, 0.25) is 0 Å². The Morgan fingerprint density at radius 2 is 2.00 bits per heavy atom. The van der Waals surface area contributed by atoms with Gasteiger partial charge >= 0.3 is 0 Å². The number of hydrogen-bond acceptors (Lipinski definition) is 2. The van der Waals surface area contributed by atoms with E-state index in [0.717, 1.165) is 12.5 Å². The predicted molar refractivity (Wildman–Crippen MR) is 78.8 cm³/mol. The zero-order valence-electron chi connectivity index (χ0n) is 10.7. The van der Waals surface area contributed by atoms with E-state index in [-0.39, 0.29) is 0 Å². The van der Waals surface area contributed by atoms with Crippen LogP contribution in [0.1, 0.15) is 24.6 Å². The second kappa shape index (κ2) is 5.25. The van der Waals surface area contributed by atoms with Gasteiger partial charge in [-0.3, -0.25) is 0 Å². The Hall–Kier alpha value is -1.12. The molecular weight excluding hydrogens is 238 g/mol. The third kappa shape index (κ3) is 2.82. The molecule has 0 spiro atoms. The van der Waals surface area contributed by atoms with Crippen LogP contribution in [-0.2, 0) is 6.54 Å². The lowest BCUT2D eigenvalue weighted by Gasteiger charge is -2.10. The minimum Gasteiger partial charge on any atom is -0.309 e. The van der Waals surface area contributed by atoms with Crippen molar-refractivity contribution < 1.29 is 0 Å². The van der Waals surface area contributed by atoms with E-state index in [0.29, 0.717) is 6.04 Å². The molecule has 1 aromatic carbocycles. The maximum absolute atomic E-state index is 3.64. The second-order valence-electron chi connectivity index (χ2n) is 5.17. The summed E-state index contributed by atoms with van der Waals surface area (Å²) in [4.78, 5) is 1.43. The van der Waals surface area contributed by atoms with Gasteiger partial charge in [0.25, 0.3) is 0 Å². The number of nitrogens with one attached hydrogen (secondary N) is 1. The van der Waals surface area contributed by atoms with Crippen molar-refractivity contribution in [1.82, 2.24) is 5.32 Å². The fourth-order valence-corrected chi connectivity index (χ4v) is 3.12. The Balaban J connectivity index is 1.62. The summed E-state index contributed by atoms with van der Waals surface area (Å²) in [6.07, 6.45) is 2.82. The van der Waals surface area contributed by atoms with Crippen molar-refractivity contribution >= 4 is 11.3 Å². The standard InChI is InChI=1S/C16H19NS/c1-12(13-7-8-13)17-10-16-9-15(11-18-16)14-5-3-2-4-6-14/h2-6,9,11-13,17H,7-8,10H2,1H3. The quantitative estimate of drug-likeness (QED) is 0.842. The maximum Gasteiger partial charge on any atom is 0.0302 e. The van der Waals surface area contributed by atoms with E-state index >= 15 is 0 Å². The maximum atomic E-state index is 3.64. The molecule has 1 nitrogen and oxygen atoms in total. The molecular formula is C16H19NS. The van der Waals surface area contributed by atoms with Crippen molar-refractivity contribution in [3.63, 3.8) is 0 Å². The van der Waals surface area contributed by atoms with E-state index in [1.165, 1.54) is 28.8 Å². The van der Waals surface area contributed by atoms with Gasteiger partial charge in [0, 0.05) is 17.5 Å². The van der Waals surface area contributed by atoms with Gasteiger partial charge in [0.15, 0.2) is 0 Å². The number of benzene rings is 1. The molecule has 0 amide bonds. The Morgan fingerprint density at radius 3 is 2.72 bits per heavy atom. The Bertz CT molecular complexity index is 499. The van der Waals surface area contributed by atoms with E-state index in [1.54, 1.807) is 0 Å². The largest absolute Gasteiger partial charge is 0.309 e. The van der Waals surface area contributed by atoms with Gasteiger partial charge in [-0.05, 0) is 48.3 Å². The minimum absolute atomic E-state index is 0.673. The van der Waals surface area contributed by atoms with Crippen LogP contribution in [-0.4, -0.2) is 6.04 Å². The first kappa shape index (κ1) is 11.9. The molecule has 1 aromatic heterocycles. The number of hydrogen-bond donors (Lipinski definition) is 1. The fourth-order valence-electron chi connectivity index (χ4n) is 2.28. The summed E-state index contributed by atoms with van der Waals surface area (Å²) in [6.45, 7) is 3.32. The predicted octanol–water partition coefficient (Wildman–Crippen LogP) is 4.30. The molecule has 0 bridgehead atoms. The van der Waals surface area contributed by atoms with Crippen LogP contribution in [0.2, 0.25) is 0 Å². The lowest BCUT2D eigenvalue weighted by atomic mass is 10.1. The van der Waals surface area contributed by atoms with Crippen LogP contribution in [0, 0.1) is 5.92 Å². The van der Waals surface area contributed by atoms with Gasteiger partial charge in [-0.1, -0.05) is 30.3 Å². The molecule has 1 saturated carbocycles. The van der Waals surface area contributed by atoms with Crippen LogP contribution in [0.25, 0.3) is 11.1 Å². The second-order valence-corrected chi connectivity index (χ2v) is 6.17. The van der Waals surface area contributed by atoms with Gasteiger partial charge < -0.3 is 5.32 Å². The molecule has 0 saturated heterocycles. The van der Waals surface area contributed by atoms with Crippen LogP contribution in [0.15, 0.2) is 41.8 Å². The van der Waals surface area contributed by atoms with E-state index in [1.807, 2.05) is 11.3 Å². The molecule has 1 fully saturated rings. The normalized spacial score (nSPS) is 16.7. The monoisotopic (exact) mass is 257 g/mol. The fraction of sp³-hybridized carbons (Fsp3) is 0.375. The summed E-state index contributed by atoms with van der Waals surface area (Å²) in [6, 6.07) is 13.6. The Labute approximate surface area is 113 Å². The van der Waals surface area contributed by atoms with E-state index < -0.39 is 0 Å². The highest BCUT2D eigenvalue weighted by Gasteiger charge is 2.27. The van der Waals surface area contributed by atoms with Crippen LogP contribution < -0.4 is 5.32 Å². The summed E-state index contributed by atoms with van der Waals surface area (Å²) in [5, 5.41) is 5.89. The average molecular weight is 257 g/mol. The van der Waals surface area contributed by atoms with Crippen molar-refractivity contribution in [3.8, 4) is 11.1 Å². The van der Waals surface area contributed by atoms with Gasteiger partial charge in [-0.2, -0.15) is 0 Å². The molecule has 0 radical (unpaired) electrons. The molecule has 1 heterocycles. The Morgan fingerprint density at radius 1 is 1.22 bits per heavy atom. The molecule has 18 heavy (non-hydrogen) atoms. The summed E-state index contributed by atoms with van der Waals surface area (Å²) < 4.78 is 0. The molecule has 2 heteroatoms. The topological polar surface area (TPSA) is 12.0 Å². The highest BCUT2D eigenvalue weighted by atomic mass is 32.1. The first-order chi connectivity index (χ1) is 8.83. The lowest BCUT2D eigenvalue weighted by molar-refractivity contribution is 0.499. The van der Waals surface area contributed by atoms with Crippen LogP contribution in [0.5, 0.6) is 0 Å². The van der Waals surface area contributed by atoms with Gasteiger partial charge in [0.05, 0.1) is 0 Å². The van der Waals surface area contributed by atoms with E-state index in [2.05, 4.69) is 54.0 Å². The molecule has 1 N–H and O–H groups in total. The summed E-state index contributed by atoms with van der Waals surface area (Å²) >= 11 is 1.86. The van der Waals surface area contributed by atoms with Crippen LogP contribution in [0.4, 0.5) is 0 Å². The minimum atomic E-state index is 0.673. The molecule has 0 aliphatic heterocycles. The molecule has 2 aromatic rings. The van der Waals surface area contributed by atoms with Crippen LogP contribution >= 0.6 is 11.3 Å². The first-order valence-corrected chi connectivity index (χ1v) is 7.57. The molecule has 1 atom stereocenters. The van der Waals surface area contributed by atoms with E-state index in [4.69, 9.17) is 0 Å². The van der Waals surface area contributed by atoms with Gasteiger partial charge in [-0.15, -0.1) is 11.3 Å². The first-order valence-electron chi connectivity index (χ1n) is 6.69. The number of rotatable bonds is 5. The van der Waals surface area contributed by atoms with Crippen molar-refractivity contribution in [3.05, 3.63) is 46.7 Å². The Kier molecular flexibility index (Phi) is 3.48. The SMILES string of the molecule is CC(NCc1cc(-c2ccccc2)cs1)C1CC1.